The maximum absolute atomic E-state index is 12.2. The second kappa shape index (κ2) is 11.5. The highest BCUT2D eigenvalue weighted by Crippen LogP contribution is 2.28. The monoisotopic (exact) mass is 467 g/mol. The summed E-state index contributed by atoms with van der Waals surface area (Å²) in [7, 11) is 2.95. The third kappa shape index (κ3) is 5.87. The summed E-state index contributed by atoms with van der Waals surface area (Å²) in [6.07, 6.45) is 2.33. The second-order valence-corrected chi connectivity index (χ2v) is 7.50. The molecule has 0 aliphatic rings. The van der Waals surface area contributed by atoms with Gasteiger partial charge < -0.3 is 19.5 Å². The topological polar surface area (TPSA) is 82.6 Å². The van der Waals surface area contributed by atoms with Crippen molar-refractivity contribution in [1.29, 1.82) is 0 Å². The number of hydrogen-bond donors (Lipinski definition) is 1. The quantitative estimate of drug-likeness (QED) is 0.225. The lowest BCUT2D eigenvalue weighted by molar-refractivity contribution is 0.0588. The molecule has 7 heteroatoms. The standard InChI is InChI=1S/C28H25N3O4/c1-33-24-13-8-12-22-23(16-18-30-26(22)24)29-17-7-6-11-21-14-15-25(27(31-21)28(32)34-2)35-19-20-9-4-3-5-10-20/h3-5,8-10,12-16,18H,7,17,19H2,1-2H3,(H,29,30). The van der Waals surface area contributed by atoms with Crippen LogP contribution >= 0.6 is 0 Å². The number of pyridine rings is 2. The highest BCUT2D eigenvalue weighted by molar-refractivity contribution is 5.94. The Balaban J connectivity index is 1.41. The zero-order chi connectivity index (χ0) is 24.5. The molecule has 176 valence electrons. The van der Waals surface area contributed by atoms with Crippen molar-refractivity contribution in [3.05, 3.63) is 89.9 Å². The molecule has 0 amide bonds. The summed E-state index contributed by atoms with van der Waals surface area (Å²) in [5.74, 6) is 6.62. The van der Waals surface area contributed by atoms with Gasteiger partial charge in [-0.05, 0) is 35.7 Å². The van der Waals surface area contributed by atoms with E-state index < -0.39 is 5.97 Å². The average molecular weight is 468 g/mol. The molecular weight excluding hydrogens is 442 g/mol. The number of ether oxygens (including phenoxy) is 3. The molecule has 0 saturated carbocycles. The number of rotatable bonds is 8. The molecule has 0 unspecified atom stereocenters. The first-order valence-electron chi connectivity index (χ1n) is 11.1. The van der Waals surface area contributed by atoms with Gasteiger partial charge >= 0.3 is 5.97 Å². The molecule has 0 bridgehead atoms. The molecule has 0 radical (unpaired) electrons. The van der Waals surface area contributed by atoms with Gasteiger partial charge in [0.25, 0.3) is 0 Å². The normalized spacial score (nSPS) is 10.2. The first kappa shape index (κ1) is 23.6. The van der Waals surface area contributed by atoms with E-state index in [2.05, 4.69) is 27.1 Å². The molecule has 1 N–H and O–H groups in total. The van der Waals surface area contributed by atoms with Crippen molar-refractivity contribution in [3.63, 3.8) is 0 Å². The van der Waals surface area contributed by atoms with Crippen LogP contribution in [0.4, 0.5) is 5.69 Å². The van der Waals surface area contributed by atoms with Gasteiger partial charge in [0.15, 0.2) is 11.4 Å². The van der Waals surface area contributed by atoms with Crippen LogP contribution in [0.15, 0.2) is 72.9 Å². The summed E-state index contributed by atoms with van der Waals surface area (Å²) in [6.45, 7) is 0.949. The lowest BCUT2D eigenvalue weighted by Crippen LogP contribution is -2.09. The first-order valence-corrected chi connectivity index (χ1v) is 11.1. The smallest absolute Gasteiger partial charge is 0.360 e. The van der Waals surface area contributed by atoms with Crippen LogP contribution < -0.4 is 14.8 Å². The second-order valence-electron chi connectivity index (χ2n) is 7.50. The number of para-hydroxylation sites is 1. The fraction of sp³-hybridized carbons (Fsp3) is 0.179. The van der Waals surface area contributed by atoms with Crippen LogP contribution in [0.1, 0.15) is 28.2 Å². The van der Waals surface area contributed by atoms with E-state index in [1.54, 1.807) is 25.4 Å². The molecule has 0 aliphatic heterocycles. The molecule has 0 fully saturated rings. The molecule has 4 aromatic rings. The van der Waals surface area contributed by atoms with E-state index in [-0.39, 0.29) is 5.69 Å². The van der Waals surface area contributed by atoms with Gasteiger partial charge in [0.1, 0.15) is 23.6 Å². The molecular formula is C28H25N3O4. The number of esters is 1. The van der Waals surface area contributed by atoms with E-state index in [4.69, 9.17) is 14.2 Å². The van der Waals surface area contributed by atoms with E-state index in [0.717, 1.165) is 27.9 Å². The number of nitrogens with zero attached hydrogens (tertiary/aromatic N) is 2. The van der Waals surface area contributed by atoms with E-state index in [1.165, 1.54) is 7.11 Å². The van der Waals surface area contributed by atoms with Crippen LogP contribution in [0.25, 0.3) is 10.9 Å². The molecule has 0 aliphatic carbocycles. The fourth-order valence-electron chi connectivity index (χ4n) is 3.49. The molecule has 35 heavy (non-hydrogen) atoms. The van der Waals surface area contributed by atoms with Crippen molar-refractivity contribution >= 4 is 22.6 Å². The maximum atomic E-state index is 12.2. The van der Waals surface area contributed by atoms with Gasteiger partial charge in [-0.1, -0.05) is 48.4 Å². The molecule has 0 saturated heterocycles. The summed E-state index contributed by atoms with van der Waals surface area (Å²) >= 11 is 0. The Morgan fingerprint density at radius 3 is 2.63 bits per heavy atom. The Kier molecular flexibility index (Phi) is 7.77. The van der Waals surface area contributed by atoms with E-state index >= 15 is 0 Å². The first-order chi connectivity index (χ1) is 17.2. The molecule has 0 spiro atoms. The van der Waals surface area contributed by atoms with Crippen molar-refractivity contribution in [2.75, 3.05) is 26.1 Å². The van der Waals surface area contributed by atoms with Crippen molar-refractivity contribution in [1.82, 2.24) is 9.97 Å². The van der Waals surface area contributed by atoms with Gasteiger partial charge in [-0.25, -0.2) is 9.78 Å². The zero-order valence-corrected chi connectivity index (χ0v) is 19.6. The highest BCUT2D eigenvalue weighted by atomic mass is 16.5. The molecule has 2 aromatic heterocycles. The van der Waals surface area contributed by atoms with Crippen molar-refractivity contribution in [2.24, 2.45) is 0 Å². The minimum absolute atomic E-state index is 0.102. The molecule has 7 nitrogen and oxygen atoms in total. The number of fused-ring (bicyclic) bond motifs is 1. The molecule has 4 rings (SSSR count). The molecule has 2 heterocycles. The van der Waals surface area contributed by atoms with Crippen LogP contribution in [0, 0.1) is 11.8 Å². The van der Waals surface area contributed by atoms with Crippen LogP contribution in [0.2, 0.25) is 0 Å². The average Bonchev–Trinajstić information content (AvgIpc) is 2.91. The third-order valence-corrected chi connectivity index (χ3v) is 5.21. The fourth-order valence-corrected chi connectivity index (χ4v) is 3.49. The maximum Gasteiger partial charge on any atom is 0.360 e. The van der Waals surface area contributed by atoms with Gasteiger partial charge in [-0.3, -0.25) is 4.98 Å². The summed E-state index contributed by atoms with van der Waals surface area (Å²) in [6, 6.07) is 20.9. The Hall–Kier alpha value is -4.57. The van der Waals surface area contributed by atoms with Crippen LogP contribution in [0.3, 0.4) is 0 Å². The lowest BCUT2D eigenvalue weighted by Gasteiger charge is -2.10. The lowest BCUT2D eigenvalue weighted by atomic mass is 10.1. The number of methoxy groups -OCH3 is 2. The van der Waals surface area contributed by atoms with Crippen LogP contribution in [-0.2, 0) is 11.3 Å². The van der Waals surface area contributed by atoms with Gasteiger partial charge in [0, 0.05) is 30.2 Å². The minimum atomic E-state index is -0.571. The third-order valence-electron chi connectivity index (χ3n) is 5.21. The summed E-state index contributed by atoms with van der Waals surface area (Å²) in [4.78, 5) is 21.0. The predicted molar refractivity (Wildman–Crippen MR) is 135 cm³/mol. The summed E-state index contributed by atoms with van der Waals surface area (Å²) in [5.41, 5.74) is 3.32. The molecule has 2 aromatic carbocycles. The van der Waals surface area contributed by atoms with Crippen LogP contribution in [-0.4, -0.2) is 36.7 Å². The van der Waals surface area contributed by atoms with Gasteiger partial charge in [-0.2, -0.15) is 0 Å². The highest BCUT2D eigenvalue weighted by Gasteiger charge is 2.16. The Morgan fingerprint density at radius 2 is 1.83 bits per heavy atom. The SMILES string of the molecule is COC(=O)c1nc(C#CCCNc2ccnc3c(OC)cccc23)ccc1OCc1ccccc1. The Bertz CT molecular complexity index is 1380. The van der Waals surface area contributed by atoms with Gasteiger partial charge in [0.05, 0.1) is 14.2 Å². The van der Waals surface area contributed by atoms with E-state index in [9.17, 15) is 4.79 Å². The summed E-state index contributed by atoms with van der Waals surface area (Å²) in [5, 5.41) is 4.37. The van der Waals surface area contributed by atoms with Gasteiger partial charge in [0.2, 0.25) is 0 Å². The number of anilines is 1. The zero-order valence-electron chi connectivity index (χ0n) is 19.6. The minimum Gasteiger partial charge on any atom is -0.494 e. The van der Waals surface area contributed by atoms with E-state index in [0.29, 0.717) is 31.0 Å². The largest absolute Gasteiger partial charge is 0.494 e. The molecule has 0 atom stereocenters. The van der Waals surface area contributed by atoms with Crippen molar-refractivity contribution in [2.45, 2.75) is 13.0 Å². The predicted octanol–water partition coefficient (Wildman–Crippen LogP) is 4.86. The summed E-state index contributed by atoms with van der Waals surface area (Å²) < 4.78 is 16.1. The number of aromatic nitrogens is 2. The van der Waals surface area contributed by atoms with E-state index in [1.807, 2.05) is 54.6 Å². The number of hydrogen-bond acceptors (Lipinski definition) is 7. The van der Waals surface area contributed by atoms with Gasteiger partial charge in [-0.15, -0.1) is 0 Å². The number of benzene rings is 2. The Morgan fingerprint density at radius 1 is 0.971 bits per heavy atom. The Labute approximate surface area is 204 Å². The number of carbonyl (C=O) groups is 1. The van der Waals surface area contributed by atoms with Crippen LogP contribution in [0.5, 0.6) is 11.5 Å². The number of nitrogens with one attached hydrogen (secondary N) is 1. The van der Waals surface area contributed by atoms with Crippen molar-refractivity contribution in [3.8, 4) is 23.3 Å². The van der Waals surface area contributed by atoms with Crippen molar-refractivity contribution < 1.29 is 19.0 Å². The number of carbonyl (C=O) groups excluding carboxylic acids is 1.